The Kier molecular flexibility index (Phi) is 20.1. The molecule has 7 saturated carbocycles. The third-order valence-corrected chi connectivity index (χ3v) is 22.2. The summed E-state index contributed by atoms with van der Waals surface area (Å²) in [5.41, 5.74) is -3.84. The van der Waals surface area contributed by atoms with Crippen LogP contribution < -0.4 is 0 Å². The molecule has 8 aliphatic carbocycles. The summed E-state index contributed by atoms with van der Waals surface area (Å²) in [5.74, 6) is -5.23. The van der Waals surface area contributed by atoms with Crippen molar-refractivity contribution in [1.82, 2.24) is 0 Å². The molecule has 458 valence electrons. The van der Waals surface area contributed by atoms with Crippen LogP contribution in [-0.2, 0) is 57.3 Å². The van der Waals surface area contributed by atoms with Gasteiger partial charge >= 0.3 is 35.8 Å². The first-order chi connectivity index (χ1) is 38.2. The number of esters is 4. The minimum atomic E-state index is -2.05. The summed E-state index contributed by atoms with van der Waals surface area (Å²) in [7, 11) is 0. The van der Waals surface area contributed by atoms with Crippen molar-refractivity contribution in [2.45, 2.75) is 235 Å². The molecule has 17 heteroatoms. The Morgan fingerprint density at radius 3 is 1.96 bits per heavy atom. The molecule has 8 aliphatic rings. The Bertz CT molecular complexity index is 2630. The van der Waals surface area contributed by atoms with Crippen LogP contribution in [0.5, 0.6) is 0 Å². The summed E-state index contributed by atoms with van der Waals surface area (Å²) in [6.07, 6.45) is 11.2. The van der Waals surface area contributed by atoms with E-state index in [-0.39, 0.29) is 83.5 Å². The normalized spacial score (nSPS) is 40.7. The molecule has 0 amide bonds. The van der Waals surface area contributed by atoms with Crippen molar-refractivity contribution >= 4 is 47.4 Å². The molecular weight excluding hydrogens is 1060 g/mol. The van der Waals surface area contributed by atoms with Crippen LogP contribution in [-0.4, -0.2) is 110 Å². The van der Waals surface area contributed by atoms with E-state index in [4.69, 9.17) is 24.1 Å². The second-order valence-electron chi connectivity index (χ2n) is 26.6. The SMILES string of the molecule is CCC(=O)O.CCC(=O)OCC(=O)[C@@]1(OC(=O)CC)[C@@H](C)C[C@H]2[C@@H]3CCC4=CC(=O)C=C[C@]4(C)C3(F)[C@@H](O)C[C@@]21C.CCC(=O)O[C@@H]1CC[C@@]2(C)C(CC[C@@]3(C)[C@@H]2[C@H](O)C[C@@H]2C(=C(CCC=C(C)C)C(=O)O)[C@@H](OC(C)=O)C[C@@]23C)[C@@H]1C. The van der Waals surface area contributed by atoms with Gasteiger partial charge in [0.2, 0.25) is 5.78 Å². The Hall–Kier alpha value is -5.03. The quantitative estimate of drug-likeness (QED) is 0.0546. The van der Waals surface area contributed by atoms with Crippen LogP contribution in [0.2, 0.25) is 0 Å². The standard InChI is InChI=1S/C34H52O7.C28H37FO7.C3H6O2/c1-9-28(37)41-26-14-15-32(6)23(20(26)4)13-16-33(7)30(32)25(36)17-24-29(22(31(38)39)12-10-11-19(2)3)27(40-21(5)35)18-34(24,33)8;1-6-23(33)35-15-22(32)28(36-24(34)7-2)16(3)12-20-19-9-8-17-13-18(30)10-11-25(17,4)27(19,29)21(31)14-26(20,28)5;1-2-3(4)5/h11,20,23-27,30,36H,9-10,12-18H2,1-8H3,(H,38,39);10-11,13,16,19-21,31H,6-9,12,14-15H2,1-5H3;2H2,1H3,(H,4,5)/t20-,23?,24+,25+,26+,27-,30+,32-,33-,34-;16-,19-,20-,21-,25-,26-,27?,28-;/m00./s1. The number of ether oxygens (including phenoxy) is 4. The third kappa shape index (κ3) is 11.2. The van der Waals surface area contributed by atoms with Crippen molar-refractivity contribution in [3.8, 4) is 0 Å². The van der Waals surface area contributed by atoms with Crippen molar-refractivity contribution in [2.24, 2.45) is 68.5 Å². The third-order valence-electron chi connectivity index (χ3n) is 22.2. The van der Waals surface area contributed by atoms with E-state index in [0.29, 0.717) is 74.0 Å². The molecule has 0 aromatic rings. The number of carbonyl (C=O) groups is 8. The monoisotopic (exact) mass is 1150 g/mol. The molecule has 16 nitrogen and oxygen atoms in total. The molecular formula is C65H95FO16. The Morgan fingerprint density at radius 2 is 1.39 bits per heavy atom. The Balaban J connectivity index is 0.000000245. The van der Waals surface area contributed by atoms with Gasteiger partial charge in [-0.2, -0.15) is 0 Å². The fourth-order valence-electron chi connectivity index (χ4n) is 18.2. The van der Waals surface area contributed by atoms with Gasteiger partial charge in [-0.3, -0.25) is 33.6 Å². The highest BCUT2D eigenvalue weighted by molar-refractivity contribution is 6.01. The van der Waals surface area contributed by atoms with Crippen LogP contribution in [0.3, 0.4) is 0 Å². The topological polar surface area (TPSA) is 254 Å². The summed E-state index contributed by atoms with van der Waals surface area (Å²) in [5, 5.41) is 41.7. The van der Waals surface area contributed by atoms with Gasteiger partial charge in [-0.05, 0) is 161 Å². The predicted octanol–water partition coefficient (Wildman–Crippen LogP) is 10.9. The van der Waals surface area contributed by atoms with Crippen molar-refractivity contribution in [2.75, 3.05) is 6.61 Å². The molecule has 82 heavy (non-hydrogen) atoms. The number of fused-ring (bicyclic) bond motifs is 10. The highest BCUT2D eigenvalue weighted by Gasteiger charge is 2.78. The minimum absolute atomic E-state index is 0.0107. The fraction of sp³-hybridized carbons (Fsp3) is 0.754. The number of aliphatic carboxylic acids is 2. The molecule has 0 bridgehead atoms. The minimum Gasteiger partial charge on any atom is -0.481 e. The number of carbonyl (C=O) groups excluding carboxylic acids is 6. The summed E-state index contributed by atoms with van der Waals surface area (Å²) in [4.78, 5) is 96.8. The number of aliphatic hydroxyl groups is 2. The van der Waals surface area contributed by atoms with Gasteiger partial charge < -0.3 is 39.4 Å². The molecule has 0 heterocycles. The van der Waals surface area contributed by atoms with Gasteiger partial charge in [0.15, 0.2) is 23.7 Å². The van der Waals surface area contributed by atoms with E-state index in [0.717, 1.165) is 31.3 Å². The number of carboxylic acids is 2. The first-order valence-corrected chi connectivity index (χ1v) is 30.3. The first-order valence-electron chi connectivity index (χ1n) is 30.3. The zero-order valence-corrected chi connectivity index (χ0v) is 51.2. The van der Waals surface area contributed by atoms with E-state index in [1.807, 2.05) is 33.8 Å². The van der Waals surface area contributed by atoms with Crippen LogP contribution in [0.15, 0.2) is 46.6 Å². The van der Waals surface area contributed by atoms with Gasteiger partial charge in [-0.15, -0.1) is 0 Å². The average Bonchev–Trinajstić information content (AvgIpc) is 1.37. The first kappa shape index (κ1) is 66.1. The van der Waals surface area contributed by atoms with Crippen molar-refractivity contribution in [1.29, 1.82) is 0 Å². The lowest BCUT2D eigenvalue weighted by Gasteiger charge is -2.69. The molecule has 8 rings (SSSR count). The van der Waals surface area contributed by atoms with Crippen LogP contribution in [0.25, 0.3) is 0 Å². The molecule has 0 aliphatic heterocycles. The van der Waals surface area contributed by atoms with Gasteiger partial charge in [0.25, 0.3) is 0 Å². The average molecular weight is 1150 g/mol. The number of ketones is 2. The van der Waals surface area contributed by atoms with Gasteiger partial charge in [0, 0.05) is 60.8 Å². The van der Waals surface area contributed by atoms with Gasteiger partial charge in [-0.1, -0.05) is 92.5 Å². The number of halogens is 1. The summed E-state index contributed by atoms with van der Waals surface area (Å²) in [6, 6.07) is 0. The number of carboxylic acid groups (broad SMARTS) is 2. The zero-order valence-electron chi connectivity index (χ0n) is 51.2. The number of hydrogen-bond acceptors (Lipinski definition) is 14. The maximum Gasteiger partial charge on any atom is 0.331 e. The van der Waals surface area contributed by atoms with Crippen LogP contribution in [0.4, 0.5) is 4.39 Å². The van der Waals surface area contributed by atoms with Crippen LogP contribution in [0.1, 0.15) is 200 Å². The molecule has 4 N–H and O–H groups in total. The number of alkyl halides is 1. The van der Waals surface area contributed by atoms with Gasteiger partial charge in [-0.25, -0.2) is 9.18 Å². The largest absolute Gasteiger partial charge is 0.481 e. The van der Waals surface area contributed by atoms with Crippen LogP contribution >= 0.6 is 0 Å². The second kappa shape index (κ2) is 24.9. The molecule has 0 aromatic heterocycles. The molecule has 0 spiro atoms. The summed E-state index contributed by atoms with van der Waals surface area (Å²) < 4.78 is 40.3. The maximum absolute atomic E-state index is 17.4. The molecule has 0 radical (unpaired) electrons. The number of Topliss-reactive ketones (excluding diaryl/α,β-unsaturated/α-hetero) is 1. The molecule has 7 fully saturated rings. The lowest BCUT2D eigenvalue weighted by Crippen LogP contribution is -2.70. The molecule has 0 saturated heterocycles. The Morgan fingerprint density at radius 1 is 0.756 bits per heavy atom. The van der Waals surface area contributed by atoms with Crippen molar-refractivity contribution in [3.05, 3.63) is 46.6 Å². The maximum atomic E-state index is 17.4. The molecule has 18 atom stereocenters. The van der Waals surface area contributed by atoms with Crippen LogP contribution in [0, 0.1) is 68.5 Å². The molecule has 2 unspecified atom stereocenters. The lowest BCUT2D eigenvalue weighted by molar-refractivity contribution is -0.236. The van der Waals surface area contributed by atoms with Gasteiger partial charge in [0.1, 0.15) is 12.2 Å². The summed E-state index contributed by atoms with van der Waals surface area (Å²) >= 11 is 0. The number of aliphatic hydroxyl groups excluding tert-OH is 2. The van der Waals surface area contributed by atoms with E-state index in [2.05, 4.69) is 27.7 Å². The predicted molar refractivity (Wildman–Crippen MR) is 303 cm³/mol. The van der Waals surface area contributed by atoms with E-state index in [9.17, 15) is 53.7 Å². The molecule has 0 aromatic carbocycles. The number of hydrogen-bond donors (Lipinski definition) is 4. The highest BCUT2D eigenvalue weighted by Crippen LogP contribution is 2.75. The zero-order chi connectivity index (χ0) is 61.5. The van der Waals surface area contributed by atoms with Crippen molar-refractivity contribution < 1.29 is 82.1 Å². The lowest BCUT2D eigenvalue weighted by atomic mass is 9.36. The van der Waals surface area contributed by atoms with Gasteiger partial charge in [0.05, 0.1) is 12.2 Å². The van der Waals surface area contributed by atoms with E-state index < -0.39 is 94.5 Å². The summed E-state index contributed by atoms with van der Waals surface area (Å²) in [6.45, 7) is 26.0. The fourth-order valence-corrected chi connectivity index (χ4v) is 18.2. The highest BCUT2D eigenvalue weighted by atomic mass is 19.1. The smallest absolute Gasteiger partial charge is 0.331 e. The second-order valence-corrected chi connectivity index (χ2v) is 26.6. The number of rotatable bonds is 14. The van der Waals surface area contributed by atoms with Crippen molar-refractivity contribution in [3.63, 3.8) is 0 Å². The van der Waals surface area contributed by atoms with E-state index in [1.165, 1.54) is 19.1 Å². The Labute approximate surface area is 484 Å². The van der Waals surface area contributed by atoms with E-state index >= 15 is 4.39 Å². The number of allylic oxidation sites excluding steroid dienone is 6. The van der Waals surface area contributed by atoms with E-state index in [1.54, 1.807) is 40.7 Å².